The van der Waals surface area contributed by atoms with Gasteiger partial charge in [0.1, 0.15) is 0 Å². The Kier molecular flexibility index (Phi) is 4.63. The highest BCUT2D eigenvalue weighted by Crippen LogP contribution is 2.42. The molecule has 5 nitrogen and oxygen atoms in total. The van der Waals surface area contributed by atoms with Gasteiger partial charge in [0.25, 0.3) is 0 Å². The molecule has 1 aliphatic rings. The zero-order valence-electron chi connectivity index (χ0n) is 12.5. The molecule has 0 amide bonds. The molecule has 0 aliphatic carbocycles. The lowest BCUT2D eigenvalue weighted by Crippen LogP contribution is -2.39. The summed E-state index contributed by atoms with van der Waals surface area (Å²) in [6, 6.07) is 9.67. The van der Waals surface area contributed by atoms with Crippen molar-refractivity contribution in [2.75, 3.05) is 14.2 Å². The summed E-state index contributed by atoms with van der Waals surface area (Å²) in [5.74, 6) is -0.769. The topological polar surface area (TPSA) is 61.8 Å². The van der Waals surface area contributed by atoms with Gasteiger partial charge < -0.3 is 14.2 Å². The van der Waals surface area contributed by atoms with Crippen LogP contribution in [0.3, 0.4) is 0 Å². The van der Waals surface area contributed by atoms with Crippen LogP contribution in [-0.4, -0.2) is 38.4 Å². The van der Waals surface area contributed by atoms with Gasteiger partial charge in [0.05, 0.1) is 26.7 Å². The first-order valence-electron chi connectivity index (χ1n) is 6.87. The van der Waals surface area contributed by atoms with Gasteiger partial charge in [-0.1, -0.05) is 37.3 Å². The molecule has 0 radical (unpaired) electrons. The van der Waals surface area contributed by atoms with E-state index in [9.17, 15) is 9.59 Å². The number of benzene rings is 1. The molecule has 114 valence electrons. The van der Waals surface area contributed by atoms with E-state index in [0.29, 0.717) is 6.42 Å². The molecule has 1 aromatic carbocycles. The molecule has 2 rings (SSSR count). The minimum atomic E-state index is -0.723. The first-order chi connectivity index (χ1) is 10.0. The number of rotatable bonds is 4. The van der Waals surface area contributed by atoms with Gasteiger partial charge in [-0.2, -0.15) is 0 Å². The van der Waals surface area contributed by atoms with Crippen molar-refractivity contribution in [2.45, 2.75) is 37.4 Å². The molecule has 0 aromatic heterocycles. The molecule has 1 aliphatic heterocycles. The van der Waals surface area contributed by atoms with Crippen molar-refractivity contribution >= 4 is 11.9 Å². The molecule has 1 saturated heterocycles. The highest BCUT2D eigenvalue weighted by atomic mass is 16.6. The quantitative estimate of drug-likeness (QED) is 0.792. The Balaban J connectivity index is 2.28. The highest BCUT2D eigenvalue weighted by molar-refractivity contribution is 5.78. The molecule has 0 N–H and O–H groups in total. The molecule has 0 spiro atoms. The average Bonchev–Trinajstić information content (AvgIpc) is 2.85. The van der Waals surface area contributed by atoms with Crippen LogP contribution in [0.4, 0.5) is 0 Å². The number of esters is 2. The fourth-order valence-corrected chi connectivity index (χ4v) is 2.87. The smallest absolute Gasteiger partial charge is 0.335 e. The summed E-state index contributed by atoms with van der Waals surface area (Å²) >= 11 is 0. The second-order valence-corrected chi connectivity index (χ2v) is 5.43. The molecule has 1 heterocycles. The van der Waals surface area contributed by atoms with Gasteiger partial charge in [0.2, 0.25) is 0 Å². The zero-order valence-corrected chi connectivity index (χ0v) is 12.5. The summed E-state index contributed by atoms with van der Waals surface area (Å²) < 4.78 is 15.3. The molecule has 1 aromatic rings. The maximum absolute atomic E-state index is 12.0. The lowest BCUT2D eigenvalue weighted by molar-refractivity contribution is -0.158. The molecular formula is C16H20O5. The SMILES string of the molecule is COC(=O)CC1C[C@](C)(c2ccccc2)[C@H](C(=O)OC)O1. The van der Waals surface area contributed by atoms with Crippen LogP contribution in [0.15, 0.2) is 30.3 Å². The molecule has 0 saturated carbocycles. The Hall–Kier alpha value is -1.88. The Bertz CT molecular complexity index is 513. The summed E-state index contributed by atoms with van der Waals surface area (Å²) in [7, 11) is 2.68. The molecular weight excluding hydrogens is 272 g/mol. The Morgan fingerprint density at radius 2 is 1.90 bits per heavy atom. The van der Waals surface area contributed by atoms with E-state index >= 15 is 0 Å². The number of hydrogen-bond acceptors (Lipinski definition) is 5. The summed E-state index contributed by atoms with van der Waals surface area (Å²) in [4.78, 5) is 23.5. The first kappa shape index (κ1) is 15.5. The van der Waals surface area contributed by atoms with Crippen LogP contribution in [0, 0.1) is 0 Å². The van der Waals surface area contributed by atoms with Gasteiger partial charge in [0.15, 0.2) is 6.10 Å². The summed E-state index contributed by atoms with van der Waals surface area (Å²) in [5.41, 5.74) is 0.473. The maximum atomic E-state index is 12.0. The van der Waals surface area contributed by atoms with Gasteiger partial charge in [-0.05, 0) is 12.0 Å². The fraction of sp³-hybridized carbons (Fsp3) is 0.500. The Morgan fingerprint density at radius 1 is 1.24 bits per heavy atom. The van der Waals surface area contributed by atoms with Crippen molar-refractivity contribution in [1.82, 2.24) is 0 Å². The normalized spacial score (nSPS) is 28.1. The van der Waals surface area contributed by atoms with Crippen molar-refractivity contribution in [3.05, 3.63) is 35.9 Å². The number of hydrogen-bond donors (Lipinski definition) is 0. The second-order valence-electron chi connectivity index (χ2n) is 5.43. The van der Waals surface area contributed by atoms with E-state index in [1.807, 2.05) is 37.3 Å². The van der Waals surface area contributed by atoms with Crippen LogP contribution < -0.4 is 0 Å². The Morgan fingerprint density at radius 3 is 2.48 bits per heavy atom. The maximum Gasteiger partial charge on any atom is 0.335 e. The summed E-state index contributed by atoms with van der Waals surface area (Å²) in [6.45, 7) is 1.96. The van der Waals surface area contributed by atoms with Gasteiger partial charge in [-0.25, -0.2) is 4.79 Å². The third-order valence-electron chi connectivity index (χ3n) is 4.03. The first-order valence-corrected chi connectivity index (χ1v) is 6.87. The van der Waals surface area contributed by atoms with Gasteiger partial charge in [-0.15, -0.1) is 0 Å². The van der Waals surface area contributed by atoms with Gasteiger partial charge in [0, 0.05) is 5.41 Å². The van der Waals surface area contributed by atoms with Crippen molar-refractivity contribution in [3.63, 3.8) is 0 Å². The van der Waals surface area contributed by atoms with Crippen molar-refractivity contribution in [2.24, 2.45) is 0 Å². The monoisotopic (exact) mass is 292 g/mol. The molecule has 1 fully saturated rings. The third kappa shape index (κ3) is 3.08. The number of carbonyl (C=O) groups is 2. The molecule has 21 heavy (non-hydrogen) atoms. The van der Waals surface area contributed by atoms with Crippen molar-refractivity contribution in [3.8, 4) is 0 Å². The minimum absolute atomic E-state index is 0.131. The number of ether oxygens (including phenoxy) is 3. The fourth-order valence-electron chi connectivity index (χ4n) is 2.87. The summed E-state index contributed by atoms with van der Waals surface area (Å²) in [6.07, 6.45) is -0.385. The van der Waals surface area contributed by atoms with E-state index in [0.717, 1.165) is 5.56 Å². The van der Waals surface area contributed by atoms with E-state index in [1.165, 1.54) is 14.2 Å². The van der Waals surface area contributed by atoms with Crippen LogP contribution in [0.1, 0.15) is 25.3 Å². The lowest BCUT2D eigenvalue weighted by atomic mass is 9.75. The lowest BCUT2D eigenvalue weighted by Gasteiger charge is -2.28. The standard InChI is InChI=1S/C16H20O5/c1-16(11-7-5-4-6-8-11)10-12(9-13(17)19-2)21-14(16)15(18)20-3/h4-8,12,14H,9-10H2,1-3H3/t12?,14-,16+/m0/s1. The largest absolute Gasteiger partial charge is 0.469 e. The zero-order chi connectivity index (χ0) is 15.5. The highest BCUT2D eigenvalue weighted by Gasteiger charge is 2.51. The van der Waals surface area contributed by atoms with E-state index in [4.69, 9.17) is 9.47 Å². The van der Waals surface area contributed by atoms with E-state index in [1.54, 1.807) is 0 Å². The molecule has 1 unspecified atom stereocenters. The second kappa shape index (κ2) is 6.26. The van der Waals surface area contributed by atoms with Crippen LogP contribution in [0.25, 0.3) is 0 Å². The van der Waals surface area contributed by atoms with Gasteiger partial charge in [-0.3, -0.25) is 4.79 Å². The molecule has 0 bridgehead atoms. The van der Waals surface area contributed by atoms with E-state index < -0.39 is 17.5 Å². The van der Waals surface area contributed by atoms with Crippen LogP contribution in [0.5, 0.6) is 0 Å². The molecule has 3 atom stereocenters. The van der Waals surface area contributed by atoms with Crippen molar-refractivity contribution < 1.29 is 23.8 Å². The minimum Gasteiger partial charge on any atom is -0.469 e. The van der Waals surface area contributed by atoms with Crippen LogP contribution in [0.2, 0.25) is 0 Å². The Labute approximate surface area is 124 Å². The number of carbonyl (C=O) groups excluding carboxylic acids is 2. The average molecular weight is 292 g/mol. The van der Waals surface area contributed by atoms with E-state index in [2.05, 4.69) is 4.74 Å². The third-order valence-corrected chi connectivity index (χ3v) is 4.03. The predicted molar refractivity (Wildman–Crippen MR) is 75.7 cm³/mol. The predicted octanol–water partition coefficient (Wildman–Crippen LogP) is 1.84. The van der Waals surface area contributed by atoms with Crippen molar-refractivity contribution in [1.29, 1.82) is 0 Å². The van der Waals surface area contributed by atoms with Gasteiger partial charge >= 0.3 is 11.9 Å². The summed E-state index contributed by atoms with van der Waals surface area (Å²) in [5, 5.41) is 0. The van der Waals surface area contributed by atoms with E-state index in [-0.39, 0.29) is 18.5 Å². The van der Waals surface area contributed by atoms with Crippen LogP contribution >= 0.6 is 0 Å². The van der Waals surface area contributed by atoms with Crippen LogP contribution in [-0.2, 0) is 29.2 Å². The number of methoxy groups -OCH3 is 2. The molecule has 5 heteroatoms.